The van der Waals surface area contributed by atoms with E-state index in [1.807, 2.05) is 6.92 Å². The van der Waals surface area contributed by atoms with Gasteiger partial charge in [0, 0.05) is 6.54 Å². The van der Waals surface area contributed by atoms with E-state index in [9.17, 15) is 4.39 Å². The number of rotatable bonds is 4. The van der Waals surface area contributed by atoms with Crippen LogP contribution < -0.4 is 16.2 Å². The van der Waals surface area contributed by atoms with Crippen LogP contribution in [0.25, 0.3) is 0 Å². The van der Waals surface area contributed by atoms with Crippen molar-refractivity contribution < 1.29 is 4.39 Å². The quantitative estimate of drug-likeness (QED) is 0.639. The number of nitrogen functional groups attached to an aromatic ring is 1. The van der Waals surface area contributed by atoms with Crippen LogP contribution in [0.2, 0.25) is 0 Å². The molecule has 0 bridgehead atoms. The van der Waals surface area contributed by atoms with Gasteiger partial charge in [-0.15, -0.1) is 0 Å². The van der Waals surface area contributed by atoms with Gasteiger partial charge in [-0.05, 0) is 19.1 Å². The minimum absolute atomic E-state index is 0.299. The number of halogens is 1. The number of nitrogens with one attached hydrogen (secondary N) is 1. The Balaban J connectivity index is 2.42. The Hall–Kier alpha value is -2.21. The molecule has 0 saturated carbocycles. The Bertz CT molecular complexity index is 531. The van der Waals surface area contributed by atoms with Crippen LogP contribution >= 0.6 is 0 Å². The van der Waals surface area contributed by atoms with Crippen LogP contribution in [-0.4, -0.2) is 16.5 Å². The molecule has 0 aliphatic carbocycles. The van der Waals surface area contributed by atoms with Gasteiger partial charge < -0.3 is 10.3 Å². The zero-order chi connectivity index (χ0) is 13.0. The largest absolute Gasteiger partial charge is 0.323 e. The molecule has 0 aliphatic rings. The highest BCUT2D eigenvalue weighted by Gasteiger charge is 2.13. The molecule has 1 aromatic carbocycles. The van der Waals surface area contributed by atoms with Gasteiger partial charge in [0.25, 0.3) is 0 Å². The summed E-state index contributed by atoms with van der Waals surface area (Å²) in [5.74, 6) is 5.96. The molecule has 1 aromatic heterocycles. The Morgan fingerprint density at radius 2 is 2.11 bits per heavy atom. The summed E-state index contributed by atoms with van der Waals surface area (Å²) in [5, 5.41) is 0. The lowest BCUT2D eigenvalue weighted by molar-refractivity contribution is 0.625. The van der Waals surface area contributed by atoms with Gasteiger partial charge in [0.2, 0.25) is 0 Å². The van der Waals surface area contributed by atoms with Crippen LogP contribution in [0, 0.1) is 5.82 Å². The normalized spacial score (nSPS) is 10.2. The molecule has 0 atom stereocenters. The summed E-state index contributed by atoms with van der Waals surface area (Å²) < 4.78 is 13.8. The number of nitrogens with zero attached hydrogens (tertiary/aromatic N) is 3. The molecule has 0 spiro atoms. The maximum atomic E-state index is 13.8. The highest BCUT2D eigenvalue weighted by molar-refractivity contribution is 5.60. The van der Waals surface area contributed by atoms with E-state index < -0.39 is 0 Å². The van der Waals surface area contributed by atoms with Crippen molar-refractivity contribution in [1.82, 2.24) is 9.97 Å². The molecular weight excluding hydrogens is 233 g/mol. The van der Waals surface area contributed by atoms with Gasteiger partial charge >= 0.3 is 0 Å². The Labute approximate surface area is 104 Å². The second-order valence-electron chi connectivity index (χ2n) is 3.60. The van der Waals surface area contributed by atoms with Crippen molar-refractivity contribution >= 4 is 17.3 Å². The molecule has 1 heterocycles. The monoisotopic (exact) mass is 247 g/mol. The minimum atomic E-state index is -0.299. The first-order valence-corrected chi connectivity index (χ1v) is 5.57. The first kappa shape index (κ1) is 12.3. The molecule has 0 saturated heterocycles. The van der Waals surface area contributed by atoms with E-state index in [0.717, 1.165) is 0 Å². The van der Waals surface area contributed by atoms with Gasteiger partial charge in [0.05, 0.1) is 18.1 Å². The van der Waals surface area contributed by atoms with Crippen molar-refractivity contribution in [3.05, 3.63) is 42.5 Å². The molecule has 2 rings (SSSR count). The first-order valence-electron chi connectivity index (χ1n) is 5.57. The molecular formula is C12H14FN5. The molecule has 0 fully saturated rings. The summed E-state index contributed by atoms with van der Waals surface area (Å²) in [7, 11) is 0. The number of anilines is 3. The third-order valence-electron chi connectivity index (χ3n) is 2.51. The fourth-order valence-corrected chi connectivity index (χ4v) is 1.68. The molecule has 5 nitrogen and oxygen atoms in total. The standard InChI is InChI=1S/C12H14FN5/c1-2-18(10-6-4-3-5-9(10)13)12-8-15-7-11(16-12)17-14/h3-8H,2,14H2,1H3,(H,16,17). The Morgan fingerprint density at radius 1 is 1.33 bits per heavy atom. The Morgan fingerprint density at radius 3 is 2.78 bits per heavy atom. The lowest BCUT2D eigenvalue weighted by Gasteiger charge is -2.22. The van der Waals surface area contributed by atoms with E-state index >= 15 is 0 Å². The topological polar surface area (TPSA) is 67.1 Å². The second-order valence-corrected chi connectivity index (χ2v) is 3.60. The third-order valence-corrected chi connectivity index (χ3v) is 2.51. The van der Waals surface area contributed by atoms with Crippen molar-refractivity contribution in [1.29, 1.82) is 0 Å². The maximum absolute atomic E-state index is 13.8. The predicted octanol–water partition coefficient (Wildman–Crippen LogP) is 2.06. The highest BCUT2D eigenvalue weighted by atomic mass is 19.1. The molecule has 0 aliphatic heterocycles. The van der Waals surface area contributed by atoms with Gasteiger partial charge in [0.15, 0.2) is 11.6 Å². The first-order chi connectivity index (χ1) is 8.76. The molecule has 6 heteroatoms. The van der Waals surface area contributed by atoms with Crippen molar-refractivity contribution in [3.63, 3.8) is 0 Å². The molecule has 0 amide bonds. The summed E-state index contributed by atoms with van der Waals surface area (Å²) >= 11 is 0. The van der Waals surface area contributed by atoms with Crippen LogP contribution in [0.3, 0.4) is 0 Å². The Kier molecular flexibility index (Phi) is 3.69. The number of nitrogens with two attached hydrogens (primary N) is 1. The summed E-state index contributed by atoms with van der Waals surface area (Å²) in [6, 6.07) is 6.54. The van der Waals surface area contributed by atoms with Gasteiger partial charge in [-0.25, -0.2) is 15.2 Å². The average Bonchev–Trinajstić information content (AvgIpc) is 2.42. The van der Waals surface area contributed by atoms with Crippen molar-refractivity contribution in [3.8, 4) is 0 Å². The lowest BCUT2D eigenvalue weighted by Crippen LogP contribution is -2.20. The van der Waals surface area contributed by atoms with E-state index in [2.05, 4.69) is 15.4 Å². The van der Waals surface area contributed by atoms with Crippen LogP contribution in [0.1, 0.15) is 6.92 Å². The van der Waals surface area contributed by atoms with Gasteiger partial charge in [-0.1, -0.05) is 12.1 Å². The van der Waals surface area contributed by atoms with Crippen molar-refractivity contribution in [2.45, 2.75) is 6.92 Å². The lowest BCUT2D eigenvalue weighted by atomic mass is 10.2. The molecule has 94 valence electrons. The molecule has 0 radical (unpaired) electrons. The van der Waals surface area contributed by atoms with E-state index in [-0.39, 0.29) is 5.82 Å². The van der Waals surface area contributed by atoms with E-state index in [1.165, 1.54) is 12.3 Å². The molecule has 18 heavy (non-hydrogen) atoms. The van der Waals surface area contributed by atoms with Crippen LogP contribution in [0.5, 0.6) is 0 Å². The number of aromatic nitrogens is 2. The summed E-state index contributed by atoms with van der Waals surface area (Å²) in [6.07, 6.45) is 3.06. The van der Waals surface area contributed by atoms with Crippen LogP contribution in [-0.2, 0) is 0 Å². The minimum Gasteiger partial charge on any atom is -0.323 e. The maximum Gasteiger partial charge on any atom is 0.160 e. The van der Waals surface area contributed by atoms with Crippen molar-refractivity contribution in [2.24, 2.45) is 5.84 Å². The third kappa shape index (κ3) is 2.38. The molecule has 2 aromatic rings. The van der Waals surface area contributed by atoms with Gasteiger partial charge in [0.1, 0.15) is 5.82 Å². The van der Waals surface area contributed by atoms with Gasteiger partial charge in [-0.2, -0.15) is 0 Å². The summed E-state index contributed by atoms with van der Waals surface area (Å²) in [4.78, 5) is 9.98. The van der Waals surface area contributed by atoms with Crippen LogP contribution in [0.4, 0.5) is 21.7 Å². The van der Waals surface area contributed by atoms with E-state index in [0.29, 0.717) is 23.9 Å². The smallest absolute Gasteiger partial charge is 0.160 e. The molecule has 3 N–H and O–H groups in total. The zero-order valence-electron chi connectivity index (χ0n) is 9.97. The number of hydrogen-bond donors (Lipinski definition) is 2. The molecule has 0 unspecified atom stereocenters. The second kappa shape index (κ2) is 5.42. The summed E-state index contributed by atoms with van der Waals surface area (Å²) in [5.41, 5.74) is 2.88. The average molecular weight is 247 g/mol. The number of para-hydroxylation sites is 1. The van der Waals surface area contributed by atoms with Crippen LogP contribution in [0.15, 0.2) is 36.7 Å². The van der Waals surface area contributed by atoms with E-state index in [1.54, 1.807) is 29.3 Å². The van der Waals surface area contributed by atoms with Crippen molar-refractivity contribution in [2.75, 3.05) is 16.9 Å². The fraction of sp³-hybridized carbons (Fsp3) is 0.167. The SMILES string of the molecule is CCN(c1cncc(NN)n1)c1ccccc1F. The summed E-state index contributed by atoms with van der Waals surface area (Å²) in [6.45, 7) is 2.49. The number of hydrazine groups is 1. The van der Waals surface area contributed by atoms with E-state index in [4.69, 9.17) is 5.84 Å². The highest BCUT2D eigenvalue weighted by Crippen LogP contribution is 2.25. The zero-order valence-corrected chi connectivity index (χ0v) is 9.97. The van der Waals surface area contributed by atoms with Gasteiger partial charge in [-0.3, -0.25) is 4.98 Å². The fourth-order valence-electron chi connectivity index (χ4n) is 1.68. The predicted molar refractivity (Wildman–Crippen MR) is 68.9 cm³/mol. The number of hydrogen-bond acceptors (Lipinski definition) is 5. The number of benzene rings is 1.